The van der Waals surface area contributed by atoms with Crippen LogP contribution in [0.4, 0.5) is 5.69 Å². The Bertz CT molecular complexity index is 691. The van der Waals surface area contributed by atoms with E-state index in [-0.39, 0.29) is 30.8 Å². The molecule has 2 N–H and O–H groups in total. The number of anilines is 1. The number of aryl methyl sites for hydroxylation is 1. The van der Waals surface area contributed by atoms with Gasteiger partial charge in [0.15, 0.2) is 0 Å². The van der Waals surface area contributed by atoms with E-state index in [9.17, 15) is 14.4 Å². The first kappa shape index (κ1) is 28.6. The minimum absolute atomic E-state index is 0.0470. The lowest BCUT2D eigenvalue weighted by atomic mass is 10.1. The van der Waals surface area contributed by atoms with Gasteiger partial charge in [-0.3, -0.25) is 14.4 Å². The summed E-state index contributed by atoms with van der Waals surface area (Å²) >= 11 is 0. The number of amides is 3. The zero-order valence-electron chi connectivity index (χ0n) is 20.8. The smallest absolute Gasteiger partial charge is 0.243 e. The third kappa shape index (κ3) is 14.4. The topological polar surface area (TPSA) is 87.7 Å². The summed E-state index contributed by atoms with van der Waals surface area (Å²) in [5.41, 5.74) is 1.78. The second-order valence-electron chi connectivity index (χ2n) is 8.58. The van der Waals surface area contributed by atoms with E-state index in [1.807, 2.05) is 31.2 Å². The van der Waals surface area contributed by atoms with Gasteiger partial charge in [-0.25, -0.2) is 0 Å². The second-order valence-corrected chi connectivity index (χ2v) is 8.58. The molecule has 0 aliphatic heterocycles. The van der Waals surface area contributed by atoms with Crippen LogP contribution in [-0.2, 0) is 19.1 Å². The Hall–Kier alpha value is -2.41. The molecule has 1 aromatic rings. The summed E-state index contributed by atoms with van der Waals surface area (Å²) in [7, 11) is 1.57. The van der Waals surface area contributed by atoms with Gasteiger partial charge >= 0.3 is 0 Å². The Morgan fingerprint density at radius 2 is 1.48 bits per heavy atom. The van der Waals surface area contributed by atoms with E-state index in [2.05, 4.69) is 17.6 Å². The minimum Gasteiger partial charge on any atom is -0.383 e. The van der Waals surface area contributed by atoms with Gasteiger partial charge in [0, 0.05) is 25.8 Å². The molecular formula is C26H43N3O4. The summed E-state index contributed by atoms with van der Waals surface area (Å²) in [6.07, 6.45) is 11.1. The molecule has 33 heavy (non-hydrogen) atoms. The maximum Gasteiger partial charge on any atom is 0.243 e. The third-order valence-electron chi connectivity index (χ3n) is 5.53. The fraction of sp³-hybridized carbons (Fsp3) is 0.654. The first-order valence-electron chi connectivity index (χ1n) is 12.4. The third-order valence-corrected chi connectivity index (χ3v) is 5.53. The van der Waals surface area contributed by atoms with Crippen molar-refractivity contribution in [1.29, 1.82) is 0 Å². The van der Waals surface area contributed by atoms with Crippen molar-refractivity contribution in [1.82, 2.24) is 10.2 Å². The molecule has 186 valence electrons. The second kappa shape index (κ2) is 18.1. The summed E-state index contributed by atoms with van der Waals surface area (Å²) in [5, 5.41) is 5.33. The molecule has 0 fully saturated rings. The van der Waals surface area contributed by atoms with Gasteiger partial charge in [-0.2, -0.15) is 0 Å². The molecule has 0 radical (unpaired) electrons. The fourth-order valence-electron chi connectivity index (χ4n) is 3.49. The summed E-state index contributed by atoms with van der Waals surface area (Å²) < 4.78 is 5.09. The predicted molar refractivity (Wildman–Crippen MR) is 133 cm³/mol. The first-order chi connectivity index (χ1) is 16.0. The average Bonchev–Trinajstić information content (AvgIpc) is 2.80. The van der Waals surface area contributed by atoms with Crippen LogP contribution in [0.3, 0.4) is 0 Å². The van der Waals surface area contributed by atoms with Crippen LogP contribution >= 0.6 is 0 Å². The van der Waals surface area contributed by atoms with Crippen LogP contribution in [0.5, 0.6) is 0 Å². The van der Waals surface area contributed by atoms with Crippen molar-refractivity contribution in [2.45, 2.75) is 78.1 Å². The van der Waals surface area contributed by atoms with Crippen molar-refractivity contribution in [3.63, 3.8) is 0 Å². The van der Waals surface area contributed by atoms with E-state index >= 15 is 0 Å². The number of hydrogen-bond acceptors (Lipinski definition) is 4. The number of ether oxygens (including phenoxy) is 1. The Kier molecular flexibility index (Phi) is 15.7. The number of nitrogens with zero attached hydrogens (tertiary/aromatic N) is 1. The summed E-state index contributed by atoms with van der Waals surface area (Å²) in [4.78, 5) is 38.5. The average molecular weight is 462 g/mol. The van der Waals surface area contributed by atoms with E-state index < -0.39 is 0 Å². The highest BCUT2D eigenvalue weighted by Gasteiger charge is 2.17. The van der Waals surface area contributed by atoms with Gasteiger partial charge < -0.3 is 20.3 Å². The van der Waals surface area contributed by atoms with Crippen molar-refractivity contribution in [3.05, 3.63) is 29.8 Å². The molecular weight excluding hydrogens is 418 g/mol. The molecule has 0 atom stereocenters. The van der Waals surface area contributed by atoms with Gasteiger partial charge in [0.05, 0.1) is 19.7 Å². The van der Waals surface area contributed by atoms with Gasteiger partial charge in [-0.15, -0.1) is 0 Å². The number of nitrogens with one attached hydrogen (secondary N) is 2. The maximum absolute atomic E-state index is 12.6. The van der Waals surface area contributed by atoms with Crippen LogP contribution in [0.25, 0.3) is 0 Å². The van der Waals surface area contributed by atoms with E-state index in [4.69, 9.17) is 4.74 Å². The van der Waals surface area contributed by atoms with Crippen LogP contribution in [-0.4, -0.2) is 56.0 Å². The minimum atomic E-state index is -0.356. The number of carbonyl (C=O) groups is 3. The van der Waals surface area contributed by atoms with Crippen molar-refractivity contribution < 1.29 is 19.1 Å². The Morgan fingerprint density at radius 1 is 0.879 bits per heavy atom. The summed E-state index contributed by atoms with van der Waals surface area (Å²) in [6.45, 7) is 4.70. The van der Waals surface area contributed by atoms with Crippen LogP contribution in [0.15, 0.2) is 24.3 Å². The van der Waals surface area contributed by atoms with Crippen molar-refractivity contribution >= 4 is 23.4 Å². The lowest BCUT2D eigenvalue weighted by molar-refractivity contribution is -0.136. The highest BCUT2D eigenvalue weighted by molar-refractivity contribution is 5.95. The standard InChI is InChI=1S/C26H43N3O4/c1-4-5-6-7-8-9-10-11-12-13-26(32)29(18-19-33-3)21-25(31)27-20-24(30)28-23-16-14-22(2)15-17-23/h14-17H,4-13,18-21H2,1-3H3,(H,27,31)(H,28,30). The largest absolute Gasteiger partial charge is 0.383 e. The summed E-state index contributed by atoms with van der Waals surface area (Å²) in [6, 6.07) is 7.43. The van der Waals surface area contributed by atoms with Gasteiger partial charge in [-0.1, -0.05) is 76.0 Å². The van der Waals surface area contributed by atoms with Gasteiger partial charge in [0.2, 0.25) is 17.7 Å². The lowest BCUT2D eigenvalue weighted by Crippen LogP contribution is -2.44. The maximum atomic E-state index is 12.6. The Balaban J connectivity index is 2.30. The van der Waals surface area contributed by atoms with Crippen molar-refractivity contribution in [2.24, 2.45) is 0 Å². The van der Waals surface area contributed by atoms with Crippen LogP contribution in [0.2, 0.25) is 0 Å². The molecule has 0 saturated carbocycles. The number of benzene rings is 1. The van der Waals surface area contributed by atoms with Crippen molar-refractivity contribution in [3.8, 4) is 0 Å². The molecule has 1 aromatic carbocycles. The molecule has 0 unspecified atom stereocenters. The molecule has 0 heterocycles. The normalized spacial score (nSPS) is 10.6. The van der Waals surface area contributed by atoms with E-state index in [1.54, 1.807) is 7.11 Å². The van der Waals surface area contributed by atoms with Crippen LogP contribution < -0.4 is 10.6 Å². The molecule has 7 nitrogen and oxygen atoms in total. The molecule has 0 saturated heterocycles. The number of unbranched alkanes of at least 4 members (excludes halogenated alkanes) is 8. The first-order valence-corrected chi connectivity index (χ1v) is 12.4. The Labute approximate surface area is 199 Å². The van der Waals surface area contributed by atoms with E-state index in [1.165, 1.54) is 43.4 Å². The molecule has 1 rings (SSSR count). The predicted octanol–water partition coefficient (Wildman–Crippen LogP) is 4.45. The van der Waals surface area contributed by atoms with E-state index in [0.717, 1.165) is 24.8 Å². The lowest BCUT2D eigenvalue weighted by Gasteiger charge is -2.22. The number of hydrogen-bond donors (Lipinski definition) is 2. The van der Waals surface area contributed by atoms with Crippen molar-refractivity contribution in [2.75, 3.05) is 38.7 Å². The molecule has 7 heteroatoms. The molecule has 0 bridgehead atoms. The zero-order chi connectivity index (χ0) is 24.3. The summed E-state index contributed by atoms with van der Waals surface area (Å²) in [5.74, 6) is -0.712. The number of methoxy groups -OCH3 is 1. The van der Waals surface area contributed by atoms with Gasteiger partial charge in [0.1, 0.15) is 0 Å². The highest BCUT2D eigenvalue weighted by atomic mass is 16.5. The van der Waals surface area contributed by atoms with Gasteiger partial charge in [0.25, 0.3) is 0 Å². The Morgan fingerprint density at radius 3 is 2.09 bits per heavy atom. The highest BCUT2D eigenvalue weighted by Crippen LogP contribution is 2.11. The monoisotopic (exact) mass is 461 g/mol. The van der Waals surface area contributed by atoms with E-state index in [0.29, 0.717) is 25.3 Å². The number of carbonyl (C=O) groups excluding carboxylic acids is 3. The van der Waals surface area contributed by atoms with Crippen LogP contribution in [0, 0.1) is 6.92 Å². The number of rotatable bonds is 18. The molecule has 0 aliphatic rings. The SMILES string of the molecule is CCCCCCCCCCCC(=O)N(CCOC)CC(=O)NCC(=O)Nc1ccc(C)cc1. The van der Waals surface area contributed by atoms with Crippen LogP contribution in [0.1, 0.15) is 76.7 Å². The molecule has 0 aromatic heterocycles. The van der Waals surface area contributed by atoms with Gasteiger partial charge in [-0.05, 0) is 25.5 Å². The molecule has 0 spiro atoms. The molecule has 3 amide bonds. The quantitative estimate of drug-likeness (QED) is 0.316. The zero-order valence-corrected chi connectivity index (χ0v) is 20.8. The molecule has 0 aliphatic carbocycles. The fourth-order valence-corrected chi connectivity index (χ4v) is 3.49.